The molecule has 2 N–H and O–H groups in total. The van der Waals surface area contributed by atoms with E-state index < -0.39 is 4.92 Å². The van der Waals surface area contributed by atoms with Gasteiger partial charge in [-0.15, -0.1) is 0 Å². The number of non-ortho nitro benzene ring substituents is 1. The molecule has 0 aromatic heterocycles. The molecule has 1 heterocycles. The van der Waals surface area contributed by atoms with Crippen LogP contribution in [0.5, 0.6) is 0 Å². The minimum absolute atomic E-state index is 0.0402. The fraction of sp³-hybridized carbons (Fsp3) is 0.571. The number of hydrogen-bond acceptors (Lipinski definition) is 4. The van der Waals surface area contributed by atoms with Gasteiger partial charge in [0.1, 0.15) is 0 Å². The molecule has 1 aromatic carbocycles. The summed E-state index contributed by atoms with van der Waals surface area (Å²) in [6.07, 6.45) is 3.47. The second-order valence-corrected chi connectivity index (χ2v) is 5.76. The maximum Gasteiger partial charge on any atom is 0.270 e. The summed E-state index contributed by atoms with van der Waals surface area (Å²) in [7, 11) is 0. The molecule has 0 bridgehead atoms. The highest BCUT2D eigenvalue weighted by molar-refractivity contribution is 6.31. The maximum atomic E-state index is 10.7. The van der Waals surface area contributed by atoms with Crippen LogP contribution in [0.3, 0.4) is 0 Å². The van der Waals surface area contributed by atoms with Crippen LogP contribution < -0.4 is 5.73 Å². The van der Waals surface area contributed by atoms with E-state index in [0.29, 0.717) is 10.9 Å². The molecule has 110 valence electrons. The van der Waals surface area contributed by atoms with E-state index in [1.54, 1.807) is 6.07 Å². The minimum atomic E-state index is -0.423. The molecule has 0 saturated carbocycles. The molecule has 20 heavy (non-hydrogen) atoms. The molecular formula is C14H20ClN3O2. The molecule has 1 fully saturated rings. The Hall–Kier alpha value is -1.17. The quantitative estimate of drug-likeness (QED) is 0.670. The summed E-state index contributed by atoms with van der Waals surface area (Å²) in [5, 5.41) is 11.2. The third-order valence-corrected chi connectivity index (χ3v) is 4.17. The van der Waals surface area contributed by atoms with Crippen LogP contribution in [0.2, 0.25) is 5.02 Å². The van der Waals surface area contributed by atoms with Crippen molar-refractivity contribution in [1.82, 2.24) is 4.90 Å². The van der Waals surface area contributed by atoms with E-state index in [0.717, 1.165) is 38.2 Å². The SMILES string of the molecule is NCCC1CCCN(Cc2ccc([N+](=O)[O-])cc2Cl)C1. The second-order valence-electron chi connectivity index (χ2n) is 5.35. The first kappa shape index (κ1) is 15.2. The molecule has 0 aliphatic carbocycles. The number of nitrogens with zero attached hydrogens (tertiary/aromatic N) is 2. The lowest BCUT2D eigenvalue weighted by atomic mass is 9.94. The topological polar surface area (TPSA) is 72.4 Å². The zero-order valence-corrected chi connectivity index (χ0v) is 12.2. The van der Waals surface area contributed by atoms with Crippen molar-refractivity contribution in [3.8, 4) is 0 Å². The van der Waals surface area contributed by atoms with Gasteiger partial charge in [0.2, 0.25) is 0 Å². The molecule has 5 nitrogen and oxygen atoms in total. The van der Waals surface area contributed by atoms with Crippen molar-refractivity contribution in [2.24, 2.45) is 11.7 Å². The Morgan fingerprint density at radius 1 is 1.50 bits per heavy atom. The lowest BCUT2D eigenvalue weighted by Crippen LogP contribution is -2.35. The molecule has 0 radical (unpaired) electrons. The van der Waals surface area contributed by atoms with Crippen LogP contribution >= 0.6 is 11.6 Å². The standard InChI is InChI=1S/C14H20ClN3O2/c15-14-8-13(18(19)20)4-3-12(14)10-17-7-1-2-11(9-17)5-6-16/h3-4,8,11H,1-2,5-7,9-10,16H2. The van der Waals surface area contributed by atoms with E-state index in [-0.39, 0.29) is 5.69 Å². The molecule has 1 saturated heterocycles. The first-order chi connectivity index (χ1) is 9.60. The Labute approximate surface area is 123 Å². The van der Waals surface area contributed by atoms with Gasteiger partial charge in [-0.1, -0.05) is 11.6 Å². The van der Waals surface area contributed by atoms with Crippen LogP contribution in [0.1, 0.15) is 24.8 Å². The van der Waals surface area contributed by atoms with Crippen LogP contribution in [0, 0.1) is 16.0 Å². The lowest BCUT2D eigenvalue weighted by molar-refractivity contribution is -0.384. The number of nitro groups is 1. The van der Waals surface area contributed by atoms with Gasteiger partial charge < -0.3 is 5.73 Å². The molecule has 1 atom stereocenters. The van der Waals surface area contributed by atoms with E-state index in [1.165, 1.54) is 25.0 Å². The first-order valence-electron chi connectivity index (χ1n) is 6.95. The average molecular weight is 298 g/mol. The van der Waals surface area contributed by atoms with Gasteiger partial charge in [0.25, 0.3) is 5.69 Å². The molecule has 1 aliphatic heterocycles. The van der Waals surface area contributed by atoms with Gasteiger partial charge in [-0.05, 0) is 49.9 Å². The van der Waals surface area contributed by atoms with Crippen molar-refractivity contribution in [3.63, 3.8) is 0 Å². The van der Waals surface area contributed by atoms with Crippen molar-refractivity contribution in [2.75, 3.05) is 19.6 Å². The van der Waals surface area contributed by atoms with E-state index >= 15 is 0 Å². The maximum absolute atomic E-state index is 10.7. The number of nitro benzene ring substituents is 1. The molecule has 2 rings (SSSR count). The summed E-state index contributed by atoms with van der Waals surface area (Å²) in [6, 6.07) is 4.70. The van der Waals surface area contributed by atoms with Gasteiger partial charge >= 0.3 is 0 Å². The second kappa shape index (κ2) is 7.02. The number of halogens is 1. The normalized spacial score (nSPS) is 20.0. The van der Waals surface area contributed by atoms with Crippen LogP contribution in [-0.4, -0.2) is 29.5 Å². The number of benzene rings is 1. The van der Waals surface area contributed by atoms with Gasteiger partial charge in [-0.25, -0.2) is 0 Å². The molecule has 0 amide bonds. The highest BCUT2D eigenvalue weighted by Gasteiger charge is 2.20. The molecule has 1 aromatic rings. The number of piperidine rings is 1. The van der Waals surface area contributed by atoms with Crippen molar-refractivity contribution < 1.29 is 4.92 Å². The largest absolute Gasteiger partial charge is 0.330 e. The van der Waals surface area contributed by atoms with Gasteiger partial charge in [0, 0.05) is 25.2 Å². The van der Waals surface area contributed by atoms with Gasteiger partial charge in [0.15, 0.2) is 0 Å². The summed E-state index contributed by atoms with van der Waals surface area (Å²) in [5.74, 6) is 0.658. The molecule has 1 aliphatic rings. The van der Waals surface area contributed by atoms with Crippen LogP contribution in [-0.2, 0) is 6.54 Å². The summed E-state index contributed by atoms with van der Waals surface area (Å²) >= 11 is 6.14. The zero-order chi connectivity index (χ0) is 14.5. The summed E-state index contributed by atoms with van der Waals surface area (Å²) < 4.78 is 0. The van der Waals surface area contributed by atoms with Gasteiger partial charge in [-0.2, -0.15) is 0 Å². The molecule has 1 unspecified atom stereocenters. The Balaban J connectivity index is 2.00. The fourth-order valence-electron chi connectivity index (χ4n) is 2.79. The smallest absolute Gasteiger partial charge is 0.270 e. The number of rotatable bonds is 5. The molecule has 0 spiro atoms. The molecular weight excluding hydrogens is 278 g/mol. The van der Waals surface area contributed by atoms with Crippen molar-refractivity contribution in [2.45, 2.75) is 25.8 Å². The predicted octanol–water partition coefficient (Wildman–Crippen LogP) is 2.81. The number of likely N-dealkylation sites (tertiary alicyclic amines) is 1. The lowest BCUT2D eigenvalue weighted by Gasteiger charge is -2.32. The van der Waals surface area contributed by atoms with Crippen LogP contribution in [0.25, 0.3) is 0 Å². The highest BCUT2D eigenvalue weighted by Crippen LogP contribution is 2.26. The van der Waals surface area contributed by atoms with Crippen molar-refractivity contribution >= 4 is 17.3 Å². The molecule has 6 heteroatoms. The third-order valence-electron chi connectivity index (χ3n) is 3.82. The van der Waals surface area contributed by atoms with Crippen LogP contribution in [0.4, 0.5) is 5.69 Å². The third kappa shape index (κ3) is 3.91. The Morgan fingerprint density at radius 3 is 2.95 bits per heavy atom. The van der Waals surface area contributed by atoms with E-state index in [1.807, 2.05) is 0 Å². The zero-order valence-electron chi connectivity index (χ0n) is 11.4. The average Bonchev–Trinajstić information content (AvgIpc) is 2.42. The summed E-state index contributed by atoms with van der Waals surface area (Å²) in [6.45, 7) is 3.56. The Kier molecular flexibility index (Phi) is 5.34. The fourth-order valence-corrected chi connectivity index (χ4v) is 3.02. The van der Waals surface area contributed by atoms with Crippen molar-refractivity contribution in [3.05, 3.63) is 38.9 Å². The van der Waals surface area contributed by atoms with Gasteiger partial charge in [0.05, 0.1) is 9.95 Å². The van der Waals surface area contributed by atoms with E-state index in [9.17, 15) is 10.1 Å². The predicted molar refractivity (Wildman–Crippen MR) is 79.8 cm³/mol. The minimum Gasteiger partial charge on any atom is -0.330 e. The van der Waals surface area contributed by atoms with Crippen molar-refractivity contribution in [1.29, 1.82) is 0 Å². The Bertz CT molecular complexity index is 479. The summed E-state index contributed by atoms with van der Waals surface area (Å²) in [4.78, 5) is 12.6. The van der Waals surface area contributed by atoms with Crippen LogP contribution in [0.15, 0.2) is 18.2 Å². The number of nitrogens with two attached hydrogens (primary N) is 1. The first-order valence-corrected chi connectivity index (χ1v) is 7.33. The number of hydrogen-bond donors (Lipinski definition) is 1. The highest BCUT2D eigenvalue weighted by atomic mass is 35.5. The summed E-state index contributed by atoms with van der Waals surface area (Å²) in [5.41, 5.74) is 6.61. The van der Waals surface area contributed by atoms with E-state index in [4.69, 9.17) is 17.3 Å². The van der Waals surface area contributed by atoms with Gasteiger partial charge in [-0.3, -0.25) is 15.0 Å². The van der Waals surface area contributed by atoms with E-state index in [2.05, 4.69) is 4.90 Å². The monoisotopic (exact) mass is 297 g/mol. The Morgan fingerprint density at radius 2 is 2.30 bits per heavy atom.